The van der Waals surface area contributed by atoms with E-state index in [1.54, 1.807) is 6.92 Å². The van der Waals surface area contributed by atoms with Crippen LogP contribution in [0.25, 0.3) is 0 Å². The second kappa shape index (κ2) is 5.13. The van der Waals surface area contributed by atoms with E-state index in [1.165, 1.54) is 13.1 Å². The predicted molar refractivity (Wildman–Crippen MR) is 50.3 cm³/mol. The summed E-state index contributed by atoms with van der Waals surface area (Å²) in [6.07, 6.45) is 2.25. The highest BCUT2D eigenvalue weighted by atomic mass is 19.1. The maximum atomic E-state index is 12.7. The van der Waals surface area contributed by atoms with Crippen molar-refractivity contribution in [2.24, 2.45) is 5.73 Å². The van der Waals surface area contributed by atoms with Gasteiger partial charge in [0.2, 0.25) is 5.91 Å². The van der Waals surface area contributed by atoms with Crippen LogP contribution in [0.2, 0.25) is 0 Å². The summed E-state index contributed by atoms with van der Waals surface area (Å²) in [5.41, 5.74) is 5.54. The van der Waals surface area contributed by atoms with E-state index in [-0.39, 0.29) is 11.6 Å². The van der Waals surface area contributed by atoms with E-state index in [0.717, 1.165) is 6.08 Å². The molecule has 72 valence electrons. The van der Waals surface area contributed by atoms with Crippen LogP contribution in [0.3, 0.4) is 0 Å². The van der Waals surface area contributed by atoms with Gasteiger partial charge in [-0.1, -0.05) is 6.58 Å². The predicted octanol–water partition coefficient (Wildman–Crippen LogP) is 1.00. The Hall–Kier alpha value is -1.58. The Kier molecular flexibility index (Phi) is 4.51. The second-order valence-electron chi connectivity index (χ2n) is 2.41. The van der Waals surface area contributed by atoms with E-state index in [9.17, 15) is 9.18 Å². The summed E-state index contributed by atoms with van der Waals surface area (Å²) in [7, 11) is 1.49. The lowest BCUT2D eigenvalue weighted by Gasteiger charge is -1.99. The van der Waals surface area contributed by atoms with Gasteiger partial charge in [0.1, 0.15) is 5.83 Å². The standard InChI is InChI=1S/C9H13FN2O/c1-4-7(10)8(11)5-6(2)9(13)12-3/h4-5H,1,11H2,2-3H3,(H,12,13)/b6-5+,8-7-. The van der Waals surface area contributed by atoms with Crippen LogP contribution in [0, 0.1) is 0 Å². The SMILES string of the molecule is C=C/C(F)=C(N)\C=C(/C)C(=O)NC. The molecule has 0 heterocycles. The molecule has 0 bridgehead atoms. The van der Waals surface area contributed by atoms with Gasteiger partial charge in [-0.15, -0.1) is 0 Å². The van der Waals surface area contributed by atoms with E-state index in [4.69, 9.17) is 5.73 Å². The molecule has 0 saturated heterocycles. The molecule has 0 spiro atoms. The maximum absolute atomic E-state index is 12.7. The first-order valence-electron chi connectivity index (χ1n) is 3.71. The minimum atomic E-state index is -0.636. The van der Waals surface area contributed by atoms with E-state index in [1.807, 2.05) is 0 Å². The summed E-state index contributed by atoms with van der Waals surface area (Å²) in [4.78, 5) is 11.0. The van der Waals surface area contributed by atoms with Crippen molar-refractivity contribution in [3.05, 3.63) is 35.8 Å². The maximum Gasteiger partial charge on any atom is 0.246 e. The van der Waals surface area contributed by atoms with E-state index in [2.05, 4.69) is 11.9 Å². The number of nitrogens with one attached hydrogen (secondary N) is 1. The molecule has 0 rings (SSSR count). The Morgan fingerprint density at radius 1 is 1.62 bits per heavy atom. The summed E-state index contributed by atoms with van der Waals surface area (Å²) < 4.78 is 12.7. The summed E-state index contributed by atoms with van der Waals surface area (Å²) in [5, 5.41) is 2.39. The second-order valence-corrected chi connectivity index (χ2v) is 2.41. The monoisotopic (exact) mass is 184 g/mol. The molecular formula is C9H13FN2O. The molecule has 0 aromatic carbocycles. The van der Waals surface area contributed by atoms with Crippen LogP contribution in [-0.2, 0) is 4.79 Å². The minimum absolute atomic E-state index is 0.101. The third-order valence-corrected chi connectivity index (χ3v) is 1.41. The van der Waals surface area contributed by atoms with Gasteiger partial charge in [0.25, 0.3) is 0 Å². The van der Waals surface area contributed by atoms with Crippen LogP contribution in [0.5, 0.6) is 0 Å². The van der Waals surface area contributed by atoms with Gasteiger partial charge in [0, 0.05) is 12.6 Å². The third-order valence-electron chi connectivity index (χ3n) is 1.41. The number of hydrogen-bond acceptors (Lipinski definition) is 2. The molecular weight excluding hydrogens is 171 g/mol. The number of rotatable bonds is 3. The van der Waals surface area contributed by atoms with Crippen LogP contribution in [0.1, 0.15) is 6.92 Å². The van der Waals surface area contributed by atoms with Crippen LogP contribution < -0.4 is 11.1 Å². The van der Waals surface area contributed by atoms with E-state index < -0.39 is 5.83 Å². The smallest absolute Gasteiger partial charge is 0.246 e. The molecule has 0 radical (unpaired) electrons. The highest BCUT2D eigenvalue weighted by molar-refractivity contribution is 5.93. The fourth-order valence-electron chi connectivity index (χ4n) is 0.683. The Labute approximate surface area is 76.8 Å². The molecule has 0 aliphatic heterocycles. The molecule has 0 aliphatic carbocycles. The number of allylic oxidation sites excluding steroid dienone is 3. The van der Waals surface area contributed by atoms with Crippen LogP contribution in [0.4, 0.5) is 4.39 Å². The lowest BCUT2D eigenvalue weighted by atomic mass is 10.2. The molecule has 0 fully saturated rings. The van der Waals surface area contributed by atoms with Crippen molar-refractivity contribution >= 4 is 5.91 Å². The van der Waals surface area contributed by atoms with Crippen LogP contribution in [0.15, 0.2) is 35.8 Å². The summed E-state index contributed by atoms with van der Waals surface area (Å²) in [5.74, 6) is -0.928. The molecule has 4 heteroatoms. The zero-order chi connectivity index (χ0) is 10.4. The topological polar surface area (TPSA) is 55.1 Å². The van der Waals surface area contributed by atoms with Crippen molar-refractivity contribution in [1.82, 2.24) is 5.32 Å². The van der Waals surface area contributed by atoms with E-state index >= 15 is 0 Å². The number of likely N-dealkylation sites (N-methyl/N-ethyl adjacent to an activating group) is 1. The number of halogens is 1. The van der Waals surface area contributed by atoms with Crippen molar-refractivity contribution in [2.75, 3.05) is 7.05 Å². The first-order valence-corrected chi connectivity index (χ1v) is 3.71. The zero-order valence-electron chi connectivity index (χ0n) is 7.73. The van der Waals surface area contributed by atoms with E-state index in [0.29, 0.717) is 5.57 Å². The first-order chi connectivity index (χ1) is 6.02. The number of hydrogen-bond donors (Lipinski definition) is 2. The van der Waals surface area contributed by atoms with Crippen LogP contribution in [-0.4, -0.2) is 13.0 Å². The normalized spacial score (nSPS) is 13.3. The molecule has 1 amide bonds. The lowest BCUT2D eigenvalue weighted by Crippen LogP contribution is -2.19. The highest BCUT2D eigenvalue weighted by Crippen LogP contribution is 2.05. The van der Waals surface area contributed by atoms with Crippen molar-refractivity contribution in [1.29, 1.82) is 0 Å². The minimum Gasteiger partial charge on any atom is -0.396 e. The quantitative estimate of drug-likeness (QED) is 0.508. The molecule has 0 aromatic rings. The van der Waals surface area contributed by atoms with Gasteiger partial charge in [0.05, 0.1) is 5.70 Å². The number of nitrogens with two attached hydrogens (primary N) is 1. The van der Waals surface area contributed by atoms with Gasteiger partial charge in [-0.2, -0.15) is 0 Å². The number of carbonyl (C=O) groups is 1. The average molecular weight is 184 g/mol. The number of amides is 1. The summed E-state index contributed by atoms with van der Waals surface area (Å²) in [6, 6.07) is 0. The first kappa shape index (κ1) is 11.4. The Morgan fingerprint density at radius 3 is 2.54 bits per heavy atom. The third kappa shape index (κ3) is 3.55. The van der Waals surface area contributed by atoms with Gasteiger partial charge in [-0.25, -0.2) is 4.39 Å². The Morgan fingerprint density at radius 2 is 2.15 bits per heavy atom. The highest BCUT2D eigenvalue weighted by Gasteiger charge is 2.02. The molecule has 0 atom stereocenters. The van der Waals surface area contributed by atoms with Crippen molar-refractivity contribution in [2.45, 2.75) is 6.92 Å². The molecule has 3 nitrogen and oxygen atoms in total. The Balaban J connectivity index is 4.75. The van der Waals surface area contributed by atoms with Crippen molar-refractivity contribution in [3.8, 4) is 0 Å². The molecule has 0 aromatic heterocycles. The largest absolute Gasteiger partial charge is 0.396 e. The van der Waals surface area contributed by atoms with Crippen molar-refractivity contribution in [3.63, 3.8) is 0 Å². The van der Waals surface area contributed by atoms with Crippen LogP contribution >= 0.6 is 0 Å². The zero-order valence-corrected chi connectivity index (χ0v) is 7.73. The Bertz CT molecular complexity index is 279. The molecule has 0 aliphatic rings. The molecule has 0 saturated carbocycles. The van der Waals surface area contributed by atoms with Gasteiger partial charge in [-0.05, 0) is 19.1 Å². The fourth-order valence-corrected chi connectivity index (χ4v) is 0.683. The van der Waals surface area contributed by atoms with Gasteiger partial charge in [0.15, 0.2) is 0 Å². The molecule has 13 heavy (non-hydrogen) atoms. The van der Waals surface area contributed by atoms with Gasteiger partial charge < -0.3 is 11.1 Å². The molecule has 3 N–H and O–H groups in total. The van der Waals surface area contributed by atoms with Gasteiger partial charge in [-0.3, -0.25) is 4.79 Å². The van der Waals surface area contributed by atoms with Gasteiger partial charge >= 0.3 is 0 Å². The number of carbonyl (C=O) groups excluding carboxylic acids is 1. The lowest BCUT2D eigenvalue weighted by molar-refractivity contribution is -0.116. The average Bonchev–Trinajstić information content (AvgIpc) is 2.14. The summed E-state index contributed by atoms with van der Waals surface area (Å²) in [6.45, 7) is 4.76. The van der Waals surface area contributed by atoms with Crippen molar-refractivity contribution < 1.29 is 9.18 Å². The fraction of sp³-hybridized carbons (Fsp3) is 0.222. The summed E-state index contributed by atoms with van der Waals surface area (Å²) >= 11 is 0. The molecule has 0 unspecified atom stereocenters.